The third-order valence-corrected chi connectivity index (χ3v) is 3.54. The average Bonchev–Trinajstić information content (AvgIpc) is 2.28. The van der Waals surface area contributed by atoms with Crippen molar-refractivity contribution in [3.63, 3.8) is 0 Å². The highest BCUT2D eigenvalue weighted by Crippen LogP contribution is 2.31. The average molecular weight is 249 g/mol. The normalized spacial score (nSPS) is 16.8. The summed E-state index contributed by atoms with van der Waals surface area (Å²) in [6, 6.07) is 1.90. The van der Waals surface area contributed by atoms with Gasteiger partial charge in [0.05, 0.1) is 19.0 Å². The first kappa shape index (κ1) is 12.7. The molecule has 0 amide bonds. The van der Waals surface area contributed by atoms with Crippen molar-refractivity contribution in [3.05, 3.63) is 17.8 Å². The van der Waals surface area contributed by atoms with E-state index in [0.717, 1.165) is 0 Å². The number of hydrogen-bond acceptors (Lipinski definition) is 5. The second kappa shape index (κ2) is 5.25. The summed E-state index contributed by atoms with van der Waals surface area (Å²) in [5, 5.41) is 3.29. The van der Waals surface area contributed by atoms with E-state index in [-0.39, 0.29) is 0 Å². The summed E-state index contributed by atoms with van der Waals surface area (Å²) in [6.45, 7) is 2.11. The first-order chi connectivity index (χ1) is 8.61. The fourth-order valence-corrected chi connectivity index (χ4v) is 2.13. The van der Waals surface area contributed by atoms with Crippen LogP contribution in [-0.2, 0) is 4.74 Å². The van der Waals surface area contributed by atoms with E-state index in [2.05, 4.69) is 17.2 Å². The molecule has 5 heteroatoms. The van der Waals surface area contributed by atoms with Crippen molar-refractivity contribution in [1.29, 1.82) is 0 Å². The minimum atomic E-state index is -0.418. The Bertz CT molecular complexity index is 444. The SMILES string of the molecule is COC(=O)c1cc(N)cnc1NC(C)C1CCC1. The van der Waals surface area contributed by atoms with E-state index < -0.39 is 5.97 Å². The molecule has 18 heavy (non-hydrogen) atoms. The van der Waals surface area contributed by atoms with Crippen molar-refractivity contribution in [3.8, 4) is 0 Å². The number of ether oxygens (including phenoxy) is 1. The standard InChI is InChI=1S/C13H19N3O2/c1-8(9-4-3-5-9)16-12-11(13(17)18-2)6-10(14)7-15-12/h6-9H,3-5,14H2,1-2H3,(H,15,16). The molecule has 1 heterocycles. The number of methoxy groups -OCH3 is 1. The van der Waals surface area contributed by atoms with Crippen molar-refractivity contribution in [2.24, 2.45) is 5.92 Å². The Hall–Kier alpha value is -1.78. The van der Waals surface area contributed by atoms with E-state index in [0.29, 0.717) is 29.0 Å². The van der Waals surface area contributed by atoms with E-state index in [9.17, 15) is 4.79 Å². The Labute approximate surface area is 107 Å². The van der Waals surface area contributed by atoms with E-state index in [1.165, 1.54) is 26.4 Å². The van der Waals surface area contributed by atoms with Gasteiger partial charge in [0.1, 0.15) is 11.4 Å². The summed E-state index contributed by atoms with van der Waals surface area (Å²) in [6.07, 6.45) is 5.30. The molecule has 1 aliphatic carbocycles. The third kappa shape index (κ3) is 2.55. The molecule has 0 aliphatic heterocycles. The molecular formula is C13H19N3O2. The van der Waals surface area contributed by atoms with Gasteiger partial charge in [-0.05, 0) is 31.7 Å². The van der Waals surface area contributed by atoms with Crippen LogP contribution in [0.5, 0.6) is 0 Å². The topological polar surface area (TPSA) is 77.2 Å². The first-order valence-corrected chi connectivity index (χ1v) is 6.22. The molecule has 1 aromatic rings. The predicted molar refractivity (Wildman–Crippen MR) is 70.4 cm³/mol. The number of carbonyl (C=O) groups is 1. The number of carbonyl (C=O) groups excluding carboxylic acids is 1. The quantitative estimate of drug-likeness (QED) is 0.798. The maximum absolute atomic E-state index is 11.7. The number of nitrogens with zero attached hydrogens (tertiary/aromatic N) is 1. The predicted octanol–water partition coefficient (Wildman–Crippen LogP) is 2.05. The smallest absolute Gasteiger partial charge is 0.341 e. The van der Waals surface area contributed by atoms with E-state index in [1.807, 2.05) is 0 Å². The highest BCUT2D eigenvalue weighted by molar-refractivity contribution is 5.95. The van der Waals surface area contributed by atoms with Gasteiger partial charge >= 0.3 is 5.97 Å². The van der Waals surface area contributed by atoms with Gasteiger partial charge in [0, 0.05) is 6.04 Å². The van der Waals surface area contributed by atoms with Crippen LogP contribution in [-0.4, -0.2) is 24.1 Å². The second-order valence-electron chi connectivity index (χ2n) is 4.78. The van der Waals surface area contributed by atoms with Crippen molar-refractivity contribution in [2.75, 3.05) is 18.2 Å². The first-order valence-electron chi connectivity index (χ1n) is 6.22. The maximum atomic E-state index is 11.7. The summed E-state index contributed by atoms with van der Waals surface area (Å²) in [7, 11) is 1.35. The lowest BCUT2D eigenvalue weighted by molar-refractivity contribution is 0.0601. The van der Waals surface area contributed by atoms with Gasteiger partial charge in [-0.25, -0.2) is 9.78 Å². The second-order valence-corrected chi connectivity index (χ2v) is 4.78. The van der Waals surface area contributed by atoms with Gasteiger partial charge in [-0.15, -0.1) is 0 Å². The Morgan fingerprint density at radius 3 is 2.89 bits per heavy atom. The van der Waals surface area contributed by atoms with Gasteiger partial charge in [0.15, 0.2) is 0 Å². The molecule has 98 valence electrons. The molecule has 1 fully saturated rings. The van der Waals surface area contributed by atoms with Gasteiger partial charge in [0.2, 0.25) is 0 Å². The number of rotatable bonds is 4. The van der Waals surface area contributed by atoms with E-state index >= 15 is 0 Å². The van der Waals surface area contributed by atoms with E-state index in [4.69, 9.17) is 10.5 Å². The summed E-state index contributed by atoms with van der Waals surface area (Å²) in [5.74, 6) is 0.795. The number of aromatic nitrogens is 1. The zero-order valence-electron chi connectivity index (χ0n) is 10.8. The van der Waals surface area contributed by atoms with Gasteiger partial charge in [-0.3, -0.25) is 0 Å². The molecule has 3 N–H and O–H groups in total. The molecule has 0 radical (unpaired) electrons. The van der Waals surface area contributed by atoms with Crippen molar-refractivity contribution in [2.45, 2.75) is 32.2 Å². The van der Waals surface area contributed by atoms with Crippen LogP contribution in [0.2, 0.25) is 0 Å². The minimum Gasteiger partial charge on any atom is -0.465 e. The molecule has 1 saturated carbocycles. The molecular weight excluding hydrogens is 230 g/mol. The highest BCUT2D eigenvalue weighted by Gasteiger charge is 2.25. The summed E-state index contributed by atoms with van der Waals surface area (Å²) in [5.41, 5.74) is 6.50. The molecule has 1 aliphatic rings. The largest absolute Gasteiger partial charge is 0.465 e. The molecule has 0 spiro atoms. The highest BCUT2D eigenvalue weighted by atomic mass is 16.5. The molecule has 0 saturated heterocycles. The van der Waals surface area contributed by atoms with E-state index in [1.54, 1.807) is 12.3 Å². The van der Waals surface area contributed by atoms with Crippen LogP contribution >= 0.6 is 0 Å². The lowest BCUT2D eigenvalue weighted by Crippen LogP contribution is -2.31. The number of hydrogen-bond donors (Lipinski definition) is 2. The minimum absolute atomic E-state index is 0.304. The monoisotopic (exact) mass is 249 g/mol. The number of nitrogens with two attached hydrogens (primary N) is 1. The third-order valence-electron chi connectivity index (χ3n) is 3.54. The van der Waals surface area contributed by atoms with Crippen molar-refractivity contribution in [1.82, 2.24) is 4.98 Å². The summed E-state index contributed by atoms with van der Waals surface area (Å²) >= 11 is 0. The van der Waals surface area contributed by atoms with Gasteiger partial charge in [-0.1, -0.05) is 6.42 Å². The molecule has 1 unspecified atom stereocenters. The fraction of sp³-hybridized carbons (Fsp3) is 0.538. The summed E-state index contributed by atoms with van der Waals surface area (Å²) < 4.78 is 4.74. The Balaban J connectivity index is 2.17. The van der Waals surface area contributed by atoms with Gasteiger partial charge < -0.3 is 15.8 Å². The zero-order valence-corrected chi connectivity index (χ0v) is 10.8. The Kier molecular flexibility index (Phi) is 3.69. The molecule has 1 aromatic heterocycles. The van der Waals surface area contributed by atoms with Crippen molar-refractivity contribution >= 4 is 17.5 Å². The lowest BCUT2D eigenvalue weighted by Gasteiger charge is -2.32. The molecule has 0 bridgehead atoms. The summed E-state index contributed by atoms with van der Waals surface area (Å²) in [4.78, 5) is 15.9. The van der Waals surface area contributed by atoms with Crippen LogP contribution in [0.3, 0.4) is 0 Å². The van der Waals surface area contributed by atoms with Gasteiger partial charge in [-0.2, -0.15) is 0 Å². The fourth-order valence-electron chi connectivity index (χ4n) is 2.13. The van der Waals surface area contributed by atoms with Crippen molar-refractivity contribution < 1.29 is 9.53 Å². The maximum Gasteiger partial charge on any atom is 0.341 e. The molecule has 2 rings (SSSR count). The van der Waals surface area contributed by atoms with Crippen LogP contribution in [0.15, 0.2) is 12.3 Å². The lowest BCUT2D eigenvalue weighted by atomic mass is 9.80. The number of nitrogen functional groups attached to an aromatic ring is 1. The Morgan fingerprint density at radius 2 is 2.33 bits per heavy atom. The van der Waals surface area contributed by atoms with Crippen LogP contribution < -0.4 is 11.1 Å². The Morgan fingerprint density at radius 1 is 1.61 bits per heavy atom. The van der Waals surface area contributed by atoms with Crippen LogP contribution in [0, 0.1) is 5.92 Å². The zero-order chi connectivity index (χ0) is 13.1. The molecule has 5 nitrogen and oxygen atoms in total. The molecule has 0 aromatic carbocycles. The number of pyridine rings is 1. The van der Waals surface area contributed by atoms with Crippen LogP contribution in [0.1, 0.15) is 36.5 Å². The van der Waals surface area contributed by atoms with Gasteiger partial charge in [0.25, 0.3) is 0 Å². The number of anilines is 2. The van der Waals surface area contributed by atoms with Crippen LogP contribution in [0.4, 0.5) is 11.5 Å². The number of esters is 1. The molecule has 1 atom stereocenters. The number of nitrogens with one attached hydrogen (secondary N) is 1. The van der Waals surface area contributed by atoms with Crippen LogP contribution in [0.25, 0.3) is 0 Å².